The molecule has 0 N–H and O–H groups in total. The topological polar surface area (TPSA) is 49.7 Å². The van der Waals surface area contributed by atoms with Crippen LogP contribution in [0.25, 0.3) is 43.6 Å². The number of aryl methyl sites for hydroxylation is 2. The lowest BCUT2D eigenvalue weighted by atomic mass is 9.93. The zero-order valence-electron chi connectivity index (χ0n) is 19.4. The summed E-state index contributed by atoms with van der Waals surface area (Å²) < 4.78 is 18.9. The van der Waals surface area contributed by atoms with Gasteiger partial charge in [-0.25, -0.2) is 0 Å². The minimum atomic E-state index is -0.0957. The quantitative estimate of drug-likeness (QED) is 0.330. The fourth-order valence-corrected chi connectivity index (χ4v) is 4.89. The molecule has 0 bridgehead atoms. The first-order valence-electron chi connectivity index (χ1n) is 10.7. The van der Waals surface area contributed by atoms with E-state index in [4.69, 9.17) is 14.2 Å². The molecule has 0 aliphatic heterocycles. The molecule has 0 saturated carbocycles. The van der Waals surface area contributed by atoms with Crippen LogP contribution in [0.2, 0.25) is 0 Å². The van der Waals surface area contributed by atoms with E-state index in [9.17, 15) is 4.79 Å². The molecule has 5 heteroatoms. The maximum atomic E-state index is 13.6. The minimum absolute atomic E-state index is 0.0957. The highest BCUT2D eigenvalue weighted by molar-refractivity contribution is 6.19. The molecule has 166 valence electrons. The minimum Gasteiger partial charge on any atom is -0.496 e. The maximum Gasteiger partial charge on any atom is 0.262 e. The van der Waals surface area contributed by atoms with Crippen LogP contribution in [-0.4, -0.2) is 25.9 Å². The number of hydrogen-bond donors (Lipinski definition) is 0. The van der Waals surface area contributed by atoms with Gasteiger partial charge in [0.05, 0.1) is 32.2 Å². The molecule has 0 unspecified atom stereocenters. The maximum absolute atomic E-state index is 13.6. The predicted octanol–water partition coefficient (Wildman–Crippen LogP) is 5.85. The first-order valence-corrected chi connectivity index (χ1v) is 10.7. The number of hydrogen-bond acceptors (Lipinski definition) is 4. The number of methoxy groups -OCH3 is 3. The van der Waals surface area contributed by atoms with Gasteiger partial charge in [0.2, 0.25) is 0 Å². The summed E-state index contributed by atoms with van der Waals surface area (Å²) in [5, 5.41) is 4.35. The number of pyridine rings is 1. The number of rotatable bonds is 4. The van der Waals surface area contributed by atoms with Gasteiger partial charge in [0.15, 0.2) is 11.5 Å². The van der Waals surface area contributed by atoms with Crippen LogP contribution in [-0.2, 0) is 7.05 Å². The Morgan fingerprint density at radius 2 is 1.39 bits per heavy atom. The van der Waals surface area contributed by atoms with Gasteiger partial charge in [-0.15, -0.1) is 0 Å². The largest absolute Gasteiger partial charge is 0.496 e. The van der Waals surface area contributed by atoms with E-state index in [-0.39, 0.29) is 5.56 Å². The third-order valence-electron chi connectivity index (χ3n) is 6.40. The Morgan fingerprint density at radius 3 is 2.06 bits per heavy atom. The van der Waals surface area contributed by atoms with Crippen molar-refractivity contribution >= 4 is 32.4 Å². The molecule has 0 radical (unpaired) electrons. The fraction of sp³-hybridized carbons (Fsp3) is 0.179. The fourth-order valence-electron chi connectivity index (χ4n) is 4.89. The van der Waals surface area contributed by atoms with E-state index in [2.05, 4.69) is 12.1 Å². The van der Waals surface area contributed by atoms with Crippen LogP contribution in [0, 0.1) is 6.92 Å². The molecule has 5 nitrogen and oxygen atoms in total. The van der Waals surface area contributed by atoms with Crippen LogP contribution in [0.15, 0.2) is 65.5 Å². The van der Waals surface area contributed by atoms with Crippen molar-refractivity contribution in [2.75, 3.05) is 21.3 Å². The summed E-state index contributed by atoms with van der Waals surface area (Å²) in [6.45, 7) is 1.95. The van der Waals surface area contributed by atoms with Crippen molar-refractivity contribution in [2.24, 2.45) is 7.05 Å². The Morgan fingerprint density at radius 1 is 0.727 bits per heavy atom. The highest BCUT2D eigenvalue weighted by Gasteiger charge is 2.21. The summed E-state index contributed by atoms with van der Waals surface area (Å²) >= 11 is 0. The van der Waals surface area contributed by atoms with Gasteiger partial charge >= 0.3 is 0 Å². The van der Waals surface area contributed by atoms with Crippen LogP contribution in [0.3, 0.4) is 0 Å². The third-order valence-corrected chi connectivity index (χ3v) is 6.40. The smallest absolute Gasteiger partial charge is 0.262 e. The summed E-state index contributed by atoms with van der Waals surface area (Å²) in [6, 6.07) is 20.2. The van der Waals surface area contributed by atoms with E-state index in [1.807, 2.05) is 62.5 Å². The Balaban J connectivity index is 2.05. The van der Waals surface area contributed by atoms with E-state index in [0.29, 0.717) is 22.6 Å². The van der Waals surface area contributed by atoms with Crippen molar-refractivity contribution in [3.63, 3.8) is 0 Å². The molecule has 0 aliphatic carbocycles. The van der Waals surface area contributed by atoms with Gasteiger partial charge in [-0.3, -0.25) is 4.79 Å². The summed E-state index contributed by atoms with van der Waals surface area (Å²) in [7, 11) is 6.69. The van der Waals surface area contributed by atoms with Gasteiger partial charge in [-0.2, -0.15) is 0 Å². The van der Waals surface area contributed by atoms with E-state index in [1.165, 1.54) is 0 Å². The van der Waals surface area contributed by atoms with E-state index >= 15 is 0 Å². The molecule has 5 rings (SSSR count). The van der Waals surface area contributed by atoms with Gasteiger partial charge < -0.3 is 18.8 Å². The Labute approximate surface area is 191 Å². The van der Waals surface area contributed by atoms with Crippen molar-refractivity contribution in [1.82, 2.24) is 4.57 Å². The second kappa shape index (κ2) is 7.85. The highest BCUT2D eigenvalue weighted by Crippen LogP contribution is 2.46. The molecule has 0 fully saturated rings. The van der Waals surface area contributed by atoms with Crippen molar-refractivity contribution < 1.29 is 14.2 Å². The highest BCUT2D eigenvalue weighted by atomic mass is 16.5. The summed E-state index contributed by atoms with van der Waals surface area (Å²) in [4.78, 5) is 13.6. The average Bonchev–Trinajstić information content (AvgIpc) is 2.85. The summed E-state index contributed by atoms with van der Waals surface area (Å²) in [5.41, 5.74) is 3.62. The number of fused-ring (bicyclic) bond motifs is 5. The SMILES string of the molecule is COc1cc2c(ccc3c4ccc(C)c(OC)c4c(=O)n(C)c23)c(-c2ccccc2)c1OC. The Hall–Kier alpha value is -3.99. The Bertz CT molecular complexity index is 1600. The summed E-state index contributed by atoms with van der Waals surface area (Å²) in [6.07, 6.45) is 0. The molecule has 4 aromatic carbocycles. The number of benzene rings is 4. The first-order chi connectivity index (χ1) is 16.0. The first kappa shape index (κ1) is 20.9. The zero-order valence-corrected chi connectivity index (χ0v) is 19.4. The molecule has 1 heterocycles. The number of ether oxygens (including phenoxy) is 3. The van der Waals surface area contributed by atoms with Crippen molar-refractivity contribution in [3.05, 3.63) is 76.6 Å². The molecule has 5 aromatic rings. The monoisotopic (exact) mass is 439 g/mol. The third kappa shape index (κ3) is 2.96. The van der Waals surface area contributed by atoms with E-state index in [1.54, 1.807) is 25.9 Å². The van der Waals surface area contributed by atoms with E-state index < -0.39 is 0 Å². The molecule has 0 amide bonds. The Kier molecular flexibility index (Phi) is 4.97. The molecule has 0 atom stereocenters. The van der Waals surface area contributed by atoms with Crippen LogP contribution >= 0.6 is 0 Å². The lowest BCUT2D eigenvalue weighted by Crippen LogP contribution is -2.18. The van der Waals surface area contributed by atoms with Crippen LogP contribution in [0.5, 0.6) is 17.2 Å². The van der Waals surface area contributed by atoms with Crippen molar-refractivity contribution in [2.45, 2.75) is 6.92 Å². The van der Waals surface area contributed by atoms with Crippen LogP contribution < -0.4 is 19.8 Å². The van der Waals surface area contributed by atoms with Crippen molar-refractivity contribution in [1.29, 1.82) is 0 Å². The standard InChI is InChI=1S/C28H25NO4/c1-16-11-12-18-20-14-13-19-21(25(20)29(2)28(30)24(18)26(16)32-4)15-22(31-3)27(33-5)23(19)17-9-7-6-8-10-17/h6-15H,1-5H3. The molecular formula is C28H25NO4. The van der Waals surface area contributed by atoms with Gasteiger partial charge in [0.1, 0.15) is 5.75 Å². The normalized spacial score (nSPS) is 11.3. The average molecular weight is 440 g/mol. The van der Waals surface area contributed by atoms with Crippen LogP contribution in [0.1, 0.15) is 5.56 Å². The molecule has 0 spiro atoms. The van der Waals surface area contributed by atoms with Gasteiger partial charge in [-0.1, -0.05) is 54.6 Å². The summed E-state index contributed by atoms with van der Waals surface area (Å²) in [5.74, 6) is 1.90. The lowest BCUT2D eigenvalue weighted by molar-refractivity contribution is 0.357. The van der Waals surface area contributed by atoms with Crippen molar-refractivity contribution in [3.8, 4) is 28.4 Å². The molecule has 0 aliphatic rings. The second-order valence-electron chi connectivity index (χ2n) is 8.11. The van der Waals surface area contributed by atoms with Gasteiger partial charge in [0.25, 0.3) is 5.56 Å². The van der Waals surface area contributed by atoms with Crippen LogP contribution in [0.4, 0.5) is 0 Å². The number of aromatic nitrogens is 1. The second-order valence-corrected chi connectivity index (χ2v) is 8.11. The molecule has 0 saturated heterocycles. The number of nitrogens with zero attached hydrogens (tertiary/aromatic N) is 1. The zero-order chi connectivity index (χ0) is 23.3. The molecule has 1 aromatic heterocycles. The van der Waals surface area contributed by atoms with Gasteiger partial charge in [0, 0.05) is 28.8 Å². The molecule has 33 heavy (non-hydrogen) atoms. The lowest BCUT2D eigenvalue weighted by Gasteiger charge is -2.19. The predicted molar refractivity (Wildman–Crippen MR) is 134 cm³/mol. The van der Waals surface area contributed by atoms with Gasteiger partial charge in [-0.05, 0) is 29.5 Å². The molecular weight excluding hydrogens is 414 g/mol. The van der Waals surface area contributed by atoms with E-state index in [0.717, 1.165) is 43.8 Å².